The number of carbonyl (C=O) groups excluding carboxylic acids is 3. The quantitative estimate of drug-likeness (QED) is 0.303. The SMILES string of the molecule is COC(=O)N[C@H](C(=O)Cc1cccc(F)c1CC[C@H]1CN(C(=O)OC(C)(C)C)[C@@H]2CCCS(=O)(=O)N1C2)C1(c2ccc(Cl)cc2)CCC(OC)CC1. The van der Waals surface area contributed by atoms with E-state index in [0.29, 0.717) is 49.1 Å². The van der Waals surface area contributed by atoms with Gasteiger partial charge >= 0.3 is 12.2 Å². The molecule has 2 aromatic rings. The third-order valence-electron chi connectivity index (χ3n) is 10.8. The highest BCUT2D eigenvalue weighted by molar-refractivity contribution is 7.89. The Morgan fingerprint density at radius 1 is 1.04 bits per heavy atom. The topological polar surface area (TPSA) is 132 Å². The molecule has 2 saturated heterocycles. The first kappa shape index (κ1) is 39.9. The first-order chi connectivity index (χ1) is 24.6. The van der Waals surface area contributed by atoms with Crippen molar-refractivity contribution in [2.75, 3.05) is 33.1 Å². The molecule has 2 aromatic carbocycles. The molecule has 2 bridgehead atoms. The number of ether oxygens (including phenoxy) is 3. The fraction of sp³-hybridized carbons (Fsp3) is 0.605. The minimum atomic E-state index is -3.61. The molecule has 1 unspecified atom stereocenters. The summed E-state index contributed by atoms with van der Waals surface area (Å²) in [6.07, 6.45) is 2.19. The summed E-state index contributed by atoms with van der Waals surface area (Å²) in [5.41, 5.74) is 0.0164. The molecule has 52 heavy (non-hydrogen) atoms. The van der Waals surface area contributed by atoms with Gasteiger partial charge in [-0.1, -0.05) is 35.9 Å². The third kappa shape index (κ3) is 9.09. The minimum Gasteiger partial charge on any atom is -0.453 e. The molecule has 286 valence electrons. The number of benzene rings is 2. The number of fused-ring (bicyclic) bond motifs is 2. The van der Waals surface area contributed by atoms with E-state index in [2.05, 4.69) is 5.32 Å². The third-order valence-corrected chi connectivity index (χ3v) is 13.0. The number of hydrogen-bond donors (Lipinski definition) is 1. The van der Waals surface area contributed by atoms with Crippen molar-refractivity contribution in [2.45, 2.75) is 114 Å². The van der Waals surface area contributed by atoms with Crippen molar-refractivity contribution in [3.63, 3.8) is 0 Å². The van der Waals surface area contributed by atoms with E-state index in [9.17, 15) is 22.8 Å². The van der Waals surface area contributed by atoms with E-state index in [1.807, 2.05) is 12.1 Å². The summed E-state index contributed by atoms with van der Waals surface area (Å²) in [5, 5.41) is 3.37. The van der Waals surface area contributed by atoms with Gasteiger partial charge in [-0.05, 0) is 107 Å². The Morgan fingerprint density at radius 3 is 2.37 bits per heavy atom. The molecule has 1 aliphatic carbocycles. The molecule has 2 heterocycles. The minimum absolute atomic E-state index is 0.00143. The lowest BCUT2D eigenvalue weighted by molar-refractivity contribution is -0.123. The van der Waals surface area contributed by atoms with Crippen molar-refractivity contribution >= 4 is 39.6 Å². The largest absolute Gasteiger partial charge is 0.453 e. The molecular formula is C38H51ClFN3O8S. The molecule has 0 spiro atoms. The number of sulfonamides is 1. The fourth-order valence-electron chi connectivity index (χ4n) is 8.13. The molecule has 3 aliphatic rings. The lowest BCUT2D eigenvalue weighted by atomic mass is 9.63. The molecule has 14 heteroatoms. The Bertz CT molecular complexity index is 1710. The summed E-state index contributed by atoms with van der Waals surface area (Å²) in [7, 11) is -0.718. The number of amides is 2. The van der Waals surface area contributed by atoms with Crippen LogP contribution in [0, 0.1) is 5.82 Å². The molecular weight excluding hydrogens is 713 g/mol. The number of Topliss-reactive ketones (excluding diaryl/α,β-unsaturated/α-hetero) is 1. The van der Waals surface area contributed by atoms with E-state index >= 15 is 4.39 Å². The summed E-state index contributed by atoms with van der Waals surface area (Å²) in [6.45, 7) is 5.60. The maximum absolute atomic E-state index is 15.8. The normalized spacial score (nSPS) is 26.5. The maximum Gasteiger partial charge on any atom is 0.410 e. The predicted octanol–water partition coefficient (Wildman–Crippen LogP) is 6.19. The van der Waals surface area contributed by atoms with Gasteiger partial charge in [0.2, 0.25) is 10.0 Å². The fourth-order valence-corrected chi connectivity index (χ4v) is 10.0. The van der Waals surface area contributed by atoms with Crippen LogP contribution in [0.15, 0.2) is 42.5 Å². The van der Waals surface area contributed by atoms with Crippen LogP contribution in [0.3, 0.4) is 0 Å². The maximum atomic E-state index is 15.8. The number of alkyl carbamates (subject to hydrolysis) is 1. The molecule has 4 atom stereocenters. The molecule has 5 rings (SSSR count). The molecule has 11 nitrogen and oxygen atoms in total. The molecule has 0 aromatic heterocycles. The van der Waals surface area contributed by atoms with E-state index < -0.39 is 51.1 Å². The molecule has 3 fully saturated rings. The Hall–Kier alpha value is -3.26. The zero-order valence-electron chi connectivity index (χ0n) is 30.7. The van der Waals surface area contributed by atoms with E-state index in [0.717, 1.165) is 5.56 Å². The number of carbonyl (C=O) groups is 3. The average molecular weight is 764 g/mol. The number of halogens is 2. The van der Waals surface area contributed by atoms with Crippen LogP contribution in [0.1, 0.15) is 82.4 Å². The Kier molecular flexibility index (Phi) is 12.6. The highest BCUT2D eigenvalue weighted by Crippen LogP contribution is 2.44. The smallest absolute Gasteiger partial charge is 0.410 e. The average Bonchev–Trinajstić information content (AvgIpc) is 3.22. The van der Waals surface area contributed by atoms with E-state index in [1.165, 1.54) is 23.5 Å². The van der Waals surface area contributed by atoms with Gasteiger partial charge in [0.1, 0.15) is 17.5 Å². The number of nitrogens with zero attached hydrogens (tertiary/aromatic N) is 2. The summed E-state index contributed by atoms with van der Waals surface area (Å²) in [6, 6.07) is 9.84. The summed E-state index contributed by atoms with van der Waals surface area (Å²) in [4.78, 5) is 42.2. The monoisotopic (exact) mass is 763 g/mol. The zero-order chi connectivity index (χ0) is 37.8. The predicted molar refractivity (Wildman–Crippen MR) is 195 cm³/mol. The van der Waals surface area contributed by atoms with Gasteiger partial charge in [0.25, 0.3) is 0 Å². The van der Waals surface area contributed by atoms with Crippen LogP contribution in [-0.4, -0.2) is 98.5 Å². The van der Waals surface area contributed by atoms with Crippen molar-refractivity contribution in [3.8, 4) is 0 Å². The first-order valence-corrected chi connectivity index (χ1v) is 20.0. The van der Waals surface area contributed by atoms with Crippen molar-refractivity contribution in [1.29, 1.82) is 0 Å². The van der Waals surface area contributed by atoms with E-state index in [-0.39, 0.29) is 61.6 Å². The first-order valence-electron chi connectivity index (χ1n) is 18.0. The molecule has 2 amide bonds. The van der Waals surface area contributed by atoms with Crippen LogP contribution in [0.4, 0.5) is 14.0 Å². The van der Waals surface area contributed by atoms with Crippen molar-refractivity contribution < 1.29 is 41.4 Å². The number of methoxy groups -OCH3 is 2. The molecule has 2 aliphatic heterocycles. The number of rotatable bonds is 10. The summed E-state index contributed by atoms with van der Waals surface area (Å²) >= 11 is 6.24. The van der Waals surface area contributed by atoms with Gasteiger partial charge in [0.15, 0.2) is 5.78 Å². The Labute approximate surface area is 311 Å². The molecule has 0 radical (unpaired) electrons. The van der Waals surface area contributed by atoms with Crippen LogP contribution in [0.25, 0.3) is 0 Å². The van der Waals surface area contributed by atoms with Crippen LogP contribution < -0.4 is 5.32 Å². The van der Waals surface area contributed by atoms with Gasteiger partial charge in [-0.2, -0.15) is 4.31 Å². The van der Waals surface area contributed by atoms with Crippen LogP contribution in [0.5, 0.6) is 0 Å². The van der Waals surface area contributed by atoms with Gasteiger partial charge in [0, 0.05) is 49.1 Å². The van der Waals surface area contributed by atoms with Crippen LogP contribution in [-0.2, 0) is 47.3 Å². The molecule has 1 saturated carbocycles. The van der Waals surface area contributed by atoms with Gasteiger partial charge in [-0.15, -0.1) is 0 Å². The van der Waals surface area contributed by atoms with Gasteiger partial charge in [-0.3, -0.25) is 4.79 Å². The van der Waals surface area contributed by atoms with Crippen molar-refractivity contribution in [1.82, 2.24) is 14.5 Å². The van der Waals surface area contributed by atoms with Gasteiger partial charge < -0.3 is 24.4 Å². The standard InChI is InChI=1S/C38H51ClFN3O8S/c1-37(2,3)51-36(46)42-23-29(43-24-28(42)9-7-21-52(43,47)48)15-16-31-25(8-6-10-32(31)40)22-33(44)34(41-35(45)50-5)38(19-17-30(49-4)18-20-38)26-11-13-27(39)14-12-26/h6,8,10-14,28-30,34H,7,9,15-24H2,1-5H3,(H,41,45)/t28-,29+,30?,34-,38?/m1/s1. The lowest BCUT2D eigenvalue weighted by Crippen LogP contribution is -2.60. The van der Waals surface area contributed by atoms with Crippen LogP contribution >= 0.6 is 11.6 Å². The summed E-state index contributed by atoms with van der Waals surface area (Å²) in [5.74, 6) is -0.876. The second kappa shape index (κ2) is 16.4. The second-order valence-corrected chi connectivity index (χ2v) is 17.7. The lowest BCUT2D eigenvalue weighted by Gasteiger charge is -2.45. The summed E-state index contributed by atoms with van der Waals surface area (Å²) < 4.78 is 60.3. The zero-order valence-corrected chi connectivity index (χ0v) is 32.2. The highest BCUT2D eigenvalue weighted by Gasteiger charge is 2.48. The Morgan fingerprint density at radius 2 is 1.73 bits per heavy atom. The van der Waals surface area contributed by atoms with Gasteiger partial charge in [-0.25, -0.2) is 22.4 Å². The number of piperazine rings is 1. The number of ketones is 1. The van der Waals surface area contributed by atoms with E-state index in [4.69, 9.17) is 25.8 Å². The number of hydrogen-bond acceptors (Lipinski definition) is 8. The highest BCUT2D eigenvalue weighted by atomic mass is 35.5. The Balaban J connectivity index is 1.44. The molecule has 1 N–H and O–H groups in total. The van der Waals surface area contributed by atoms with Crippen LogP contribution in [0.2, 0.25) is 5.02 Å². The van der Waals surface area contributed by atoms with Crippen molar-refractivity contribution in [2.24, 2.45) is 0 Å². The van der Waals surface area contributed by atoms with Crippen molar-refractivity contribution in [3.05, 3.63) is 70.0 Å². The number of nitrogens with one attached hydrogen (secondary N) is 1. The second-order valence-electron chi connectivity index (χ2n) is 15.2. The van der Waals surface area contributed by atoms with E-state index in [1.54, 1.807) is 51.0 Å². The van der Waals surface area contributed by atoms with Gasteiger partial charge in [0.05, 0.1) is 19.0 Å².